The van der Waals surface area contributed by atoms with Crippen LogP contribution in [-0.4, -0.2) is 67.0 Å². The molecule has 0 atom stereocenters. The predicted molar refractivity (Wildman–Crippen MR) is 147 cm³/mol. The highest BCUT2D eigenvalue weighted by Gasteiger charge is 2.32. The number of hydrogen-bond acceptors (Lipinski definition) is 7. The van der Waals surface area contributed by atoms with E-state index in [9.17, 15) is 21.6 Å². The van der Waals surface area contributed by atoms with Gasteiger partial charge in [0.15, 0.2) is 0 Å². The van der Waals surface area contributed by atoms with E-state index in [4.69, 9.17) is 21.1 Å². The zero-order chi connectivity index (χ0) is 27.8. The number of methoxy groups -OCH3 is 1. The summed E-state index contributed by atoms with van der Waals surface area (Å²) in [5.74, 6) is -0.431. The second kappa shape index (κ2) is 10.8. The van der Waals surface area contributed by atoms with Gasteiger partial charge in [-0.05, 0) is 66.6 Å². The molecule has 1 amide bonds. The van der Waals surface area contributed by atoms with Crippen LogP contribution in [-0.2, 0) is 31.2 Å². The maximum absolute atomic E-state index is 13.3. The van der Waals surface area contributed by atoms with Crippen molar-refractivity contribution in [2.75, 3.05) is 49.6 Å². The number of ether oxygens (including phenoxy) is 2. The number of sulfonamides is 2. The number of halogens is 1. The maximum Gasteiger partial charge on any atom is 0.264 e. The highest BCUT2D eigenvalue weighted by Crippen LogP contribution is 2.36. The normalized spacial score (nSPS) is 16.1. The molecular formula is C26H26ClN3O7S2. The average Bonchev–Trinajstić information content (AvgIpc) is 3.37. The number of rotatable bonds is 7. The van der Waals surface area contributed by atoms with Crippen molar-refractivity contribution in [3.63, 3.8) is 0 Å². The summed E-state index contributed by atoms with van der Waals surface area (Å²) in [4.78, 5) is 13.2. The van der Waals surface area contributed by atoms with E-state index >= 15 is 0 Å². The molecule has 0 bridgehead atoms. The van der Waals surface area contributed by atoms with Crippen LogP contribution in [0.2, 0.25) is 5.02 Å². The molecule has 0 aliphatic carbocycles. The number of hydrogen-bond donors (Lipinski definition) is 1. The van der Waals surface area contributed by atoms with Gasteiger partial charge in [0.25, 0.3) is 15.9 Å². The largest absolute Gasteiger partial charge is 0.495 e. The molecule has 39 heavy (non-hydrogen) atoms. The van der Waals surface area contributed by atoms with Gasteiger partial charge in [0, 0.05) is 35.9 Å². The summed E-state index contributed by atoms with van der Waals surface area (Å²) in [5, 5.41) is 3.19. The summed E-state index contributed by atoms with van der Waals surface area (Å²) >= 11 is 5.92. The number of carbonyl (C=O) groups is 1. The minimum absolute atomic E-state index is 0.105. The molecule has 1 fully saturated rings. The molecule has 0 saturated carbocycles. The Labute approximate surface area is 232 Å². The van der Waals surface area contributed by atoms with E-state index in [0.717, 1.165) is 5.56 Å². The van der Waals surface area contributed by atoms with E-state index in [1.54, 1.807) is 18.2 Å². The fraction of sp³-hybridized carbons (Fsp3) is 0.269. The molecule has 206 valence electrons. The number of fused-ring (bicyclic) bond motifs is 1. The summed E-state index contributed by atoms with van der Waals surface area (Å²) in [6.45, 7) is 1.23. The standard InChI is InChI=1S/C26H26ClN3O7S2/c1-36-24-9-3-19(16-25(24)39(34,35)29-12-14-37-15-13-29)26(31)28-21-6-2-18-10-11-30(23(18)17-21)38(32,33)22-7-4-20(27)5-8-22/h2-9,16-17H,10-15H2,1H3,(H,28,31). The van der Waals surface area contributed by atoms with Crippen molar-refractivity contribution in [3.8, 4) is 5.75 Å². The Kier molecular flexibility index (Phi) is 7.57. The van der Waals surface area contributed by atoms with Crippen LogP contribution in [0.15, 0.2) is 70.5 Å². The third kappa shape index (κ3) is 5.35. The molecule has 0 aromatic heterocycles. The lowest BCUT2D eigenvalue weighted by atomic mass is 10.1. The highest BCUT2D eigenvalue weighted by molar-refractivity contribution is 7.92. The first-order valence-electron chi connectivity index (χ1n) is 12.1. The van der Waals surface area contributed by atoms with Gasteiger partial charge in [-0.15, -0.1) is 0 Å². The monoisotopic (exact) mass is 591 g/mol. The van der Waals surface area contributed by atoms with Crippen LogP contribution in [0.1, 0.15) is 15.9 Å². The number of anilines is 2. The van der Waals surface area contributed by atoms with Gasteiger partial charge in [-0.25, -0.2) is 16.8 Å². The third-order valence-corrected chi connectivity index (χ3v) is 10.6. The van der Waals surface area contributed by atoms with E-state index in [-0.39, 0.29) is 54.0 Å². The van der Waals surface area contributed by atoms with Crippen molar-refractivity contribution in [1.29, 1.82) is 0 Å². The molecule has 0 unspecified atom stereocenters. The second-order valence-electron chi connectivity index (χ2n) is 8.96. The van der Waals surface area contributed by atoms with Crippen LogP contribution in [0.3, 0.4) is 0 Å². The Hall–Kier alpha value is -3.16. The number of morpholine rings is 1. The van der Waals surface area contributed by atoms with E-state index in [2.05, 4.69) is 5.32 Å². The lowest BCUT2D eigenvalue weighted by Crippen LogP contribution is -2.40. The Bertz CT molecular complexity index is 1620. The molecule has 1 saturated heterocycles. The SMILES string of the molecule is COc1ccc(C(=O)Nc2ccc3c(c2)N(S(=O)(=O)c2ccc(Cl)cc2)CC3)cc1S(=O)(=O)N1CCOCC1. The Balaban J connectivity index is 1.41. The van der Waals surface area contributed by atoms with Crippen LogP contribution in [0.5, 0.6) is 5.75 Å². The Morgan fingerprint density at radius 2 is 1.64 bits per heavy atom. The van der Waals surface area contributed by atoms with Crippen molar-refractivity contribution in [1.82, 2.24) is 4.31 Å². The molecular weight excluding hydrogens is 566 g/mol. The second-order valence-corrected chi connectivity index (χ2v) is 13.2. The smallest absolute Gasteiger partial charge is 0.264 e. The number of nitrogens with zero attached hydrogens (tertiary/aromatic N) is 2. The van der Waals surface area contributed by atoms with Crippen LogP contribution in [0, 0.1) is 0 Å². The molecule has 3 aromatic rings. The Morgan fingerprint density at radius 3 is 2.33 bits per heavy atom. The first-order valence-corrected chi connectivity index (χ1v) is 15.4. The minimum atomic E-state index is -3.93. The van der Waals surface area contributed by atoms with Crippen molar-refractivity contribution in [2.45, 2.75) is 16.2 Å². The van der Waals surface area contributed by atoms with Gasteiger partial charge in [-0.2, -0.15) is 4.31 Å². The average molecular weight is 592 g/mol. The molecule has 0 radical (unpaired) electrons. The first kappa shape index (κ1) is 27.4. The van der Waals surface area contributed by atoms with Gasteiger partial charge >= 0.3 is 0 Å². The van der Waals surface area contributed by atoms with Gasteiger partial charge in [-0.3, -0.25) is 9.10 Å². The first-order chi connectivity index (χ1) is 18.6. The third-order valence-electron chi connectivity index (χ3n) is 6.61. The zero-order valence-electron chi connectivity index (χ0n) is 21.0. The molecule has 10 nitrogen and oxygen atoms in total. The molecule has 2 aliphatic heterocycles. The lowest BCUT2D eigenvalue weighted by Gasteiger charge is -2.26. The summed E-state index contributed by atoms with van der Waals surface area (Å²) in [6, 6.07) is 15.2. The van der Waals surface area contributed by atoms with Crippen molar-refractivity contribution >= 4 is 48.9 Å². The maximum atomic E-state index is 13.3. The van der Waals surface area contributed by atoms with Gasteiger partial charge in [0.2, 0.25) is 10.0 Å². The van der Waals surface area contributed by atoms with Crippen molar-refractivity contribution in [3.05, 3.63) is 76.8 Å². The number of amides is 1. The van der Waals surface area contributed by atoms with E-state index < -0.39 is 26.0 Å². The van der Waals surface area contributed by atoms with Crippen LogP contribution >= 0.6 is 11.6 Å². The quantitative estimate of drug-likeness (QED) is 0.447. The molecule has 13 heteroatoms. The van der Waals surface area contributed by atoms with Gasteiger partial charge in [0.05, 0.1) is 30.9 Å². The minimum Gasteiger partial charge on any atom is -0.495 e. The van der Waals surface area contributed by atoms with Gasteiger partial charge < -0.3 is 14.8 Å². The van der Waals surface area contributed by atoms with Crippen LogP contribution in [0.4, 0.5) is 11.4 Å². The number of benzene rings is 3. The highest BCUT2D eigenvalue weighted by atomic mass is 35.5. The molecule has 2 aliphatic rings. The van der Waals surface area contributed by atoms with Crippen LogP contribution < -0.4 is 14.4 Å². The van der Waals surface area contributed by atoms with Crippen molar-refractivity contribution < 1.29 is 31.1 Å². The molecule has 3 aromatic carbocycles. The van der Waals surface area contributed by atoms with Crippen LogP contribution in [0.25, 0.3) is 0 Å². The summed E-state index contributed by atoms with van der Waals surface area (Å²) in [7, 11) is -6.40. The molecule has 0 spiro atoms. The topological polar surface area (TPSA) is 122 Å². The Morgan fingerprint density at radius 1 is 0.923 bits per heavy atom. The molecule has 2 heterocycles. The number of carbonyl (C=O) groups excluding carboxylic acids is 1. The number of nitrogens with one attached hydrogen (secondary N) is 1. The fourth-order valence-corrected chi connectivity index (χ4v) is 7.77. The molecule has 1 N–H and O–H groups in total. The van der Waals surface area contributed by atoms with Crippen molar-refractivity contribution in [2.24, 2.45) is 0 Å². The lowest BCUT2D eigenvalue weighted by molar-refractivity contribution is 0.0729. The predicted octanol–water partition coefficient (Wildman–Crippen LogP) is 3.37. The van der Waals surface area contributed by atoms with E-state index in [1.807, 2.05) is 0 Å². The van der Waals surface area contributed by atoms with E-state index in [0.29, 0.717) is 22.8 Å². The molecule has 5 rings (SSSR count). The summed E-state index contributed by atoms with van der Waals surface area (Å²) < 4.78 is 66.3. The summed E-state index contributed by atoms with van der Waals surface area (Å²) in [6.07, 6.45) is 0.525. The summed E-state index contributed by atoms with van der Waals surface area (Å²) in [5.41, 5.74) is 1.76. The fourth-order valence-electron chi connectivity index (χ4n) is 4.56. The zero-order valence-corrected chi connectivity index (χ0v) is 23.4. The van der Waals surface area contributed by atoms with Gasteiger partial charge in [-0.1, -0.05) is 17.7 Å². The van der Waals surface area contributed by atoms with Gasteiger partial charge in [0.1, 0.15) is 10.6 Å². The van der Waals surface area contributed by atoms with E-state index in [1.165, 1.54) is 58.2 Å².